The third-order valence-electron chi connectivity index (χ3n) is 3.98. The molecule has 0 saturated heterocycles. The van der Waals surface area contributed by atoms with Crippen LogP contribution in [0.15, 0.2) is 0 Å². The predicted octanol–water partition coefficient (Wildman–Crippen LogP) is 3.10. The predicted molar refractivity (Wildman–Crippen MR) is 95.8 cm³/mol. The van der Waals surface area contributed by atoms with Crippen molar-refractivity contribution in [3.8, 4) is 0 Å². The molecule has 0 heterocycles. The second-order valence-electron chi connectivity index (χ2n) is 8.41. The van der Waals surface area contributed by atoms with Crippen LogP contribution in [0.5, 0.6) is 0 Å². The average Bonchev–Trinajstić information content (AvgIpc) is 3.18. The van der Waals surface area contributed by atoms with Crippen molar-refractivity contribution in [2.45, 2.75) is 78.5 Å². The Morgan fingerprint density at radius 3 is 2.09 bits per heavy atom. The van der Waals surface area contributed by atoms with E-state index in [-0.39, 0.29) is 11.6 Å². The van der Waals surface area contributed by atoms with Gasteiger partial charge in [-0.1, -0.05) is 6.92 Å². The number of ether oxygens (including phenoxy) is 1. The van der Waals surface area contributed by atoms with Gasteiger partial charge in [0.05, 0.1) is 0 Å². The summed E-state index contributed by atoms with van der Waals surface area (Å²) < 4.78 is 5.53. The van der Waals surface area contributed by atoms with Crippen LogP contribution in [0.4, 0.5) is 4.79 Å². The Balaban J connectivity index is 2.35. The van der Waals surface area contributed by atoms with Gasteiger partial charge in [0.1, 0.15) is 5.60 Å². The van der Waals surface area contributed by atoms with E-state index in [0.717, 1.165) is 32.2 Å². The molecular formula is C18H37N3O2. The average molecular weight is 328 g/mol. The van der Waals surface area contributed by atoms with Crippen LogP contribution in [-0.4, -0.2) is 65.8 Å². The van der Waals surface area contributed by atoms with Gasteiger partial charge in [0.25, 0.3) is 0 Å². The van der Waals surface area contributed by atoms with Gasteiger partial charge in [0, 0.05) is 37.8 Å². The van der Waals surface area contributed by atoms with Crippen LogP contribution in [0.2, 0.25) is 0 Å². The summed E-state index contributed by atoms with van der Waals surface area (Å²) in [5.74, 6) is 0. The number of hydrogen-bond donors (Lipinski definition) is 1. The number of hydrogen-bond acceptors (Lipinski definition) is 4. The molecule has 0 aromatic carbocycles. The minimum absolute atomic E-state index is 0.236. The SMILES string of the molecule is CCN(CCNCCN(C(=O)OC(C)(C)C)C(C)(C)C)C1CC1. The van der Waals surface area contributed by atoms with Gasteiger partial charge in [0.2, 0.25) is 0 Å². The van der Waals surface area contributed by atoms with E-state index in [1.165, 1.54) is 12.8 Å². The number of carbonyl (C=O) groups excluding carboxylic acids is 1. The molecule has 0 aromatic heterocycles. The second-order valence-corrected chi connectivity index (χ2v) is 8.41. The molecule has 5 nitrogen and oxygen atoms in total. The van der Waals surface area contributed by atoms with Crippen LogP contribution in [0.3, 0.4) is 0 Å². The van der Waals surface area contributed by atoms with Gasteiger partial charge in [-0.15, -0.1) is 0 Å². The zero-order chi connectivity index (χ0) is 17.7. The molecule has 1 rings (SSSR count). The summed E-state index contributed by atoms with van der Waals surface area (Å²) in [6.07, 6.45) is 2.47. The quantitative estimate of drug-likeness (QED) is 0.696. The van der Waals surface area contributed by atoms with E-state index in [2.05, 4.69) is 17.1 Å². The molecule has 0 aromatic rings. The highest BCUT2D eigenvalue weighted by molar-refractivity contribution is 5.69. The molecule has 1 saturated carbocycles. The molecule has 0 bridgehead atoms. The van der Waals surface area contributed by atoms with Gasteiger partial charge in [-0.05, 0) is 60.9 Å². The Hall–Kier alpha value is -0.810. The third kappa shape index (κ3) is 8.02. The summed E-state index contributed by atoms with van der Waals surface area (Å²) in [6.45, 7) is 18.7. The van der Waals surface area contributed by atoms with Crippen molar-refractivity contribution >= 4 is 6.09 Å². The number of nitrogens with zero attached hydrogens (tertiary/aromatic N) is 2. The van der Waals surface area contributed by atoms with E-state index in [1.807, 2.05) is 46.4 Å². The third-order valence-corrected chi connectivity index (χ3v) is 3.98. The van der Waals surface area contributed by atoms with Gasteiger partial charge in [0.15, 0.2) is 0 Å². The summed E-state index contributed by atoms with van der Waals surface area (Å²) in [7, 11) is 0. The fraction of sp³-hybridized carbons (Fsp3) is 0.944. The standard InChI is InChI=1S/C18H37N3O2/c1-8-20(15-9-10-15)13-11-19-12-14-21(17(2,3)4)16(22)23-18(5,6)7/h15,19H,8-14H2,1-7H3. The fourth-order valence-corrected chi connectivity index (χ4v) is 2.59. The smallest absolute Gasteiger partial charge is 0.410 e. The molecule has 5 heteroatoms. The summed E-state index contributed by atoms with van der Waals surface area (Å²) in [5.41, 5.74) is -0.701. The van der Waals surface area contributed by atoms with Crippen LogP contribution in [0.25, 0.3) is 0 Å². The largest absolute Gasteiger partial charge is 0.444 e. The molecule has 0 radical (unpaired) electrons. The number of likely N-dealkylation sites (N-methyl/N-ethyl adjacent to an activating group) is 1. The molecule has 0 spiro atoms. The van der Waals surface area contributed by atoms with E-state index < -0.39 is 5.60 Å². The van der Waals surface area contributed by atoms with Crippen molar-refractivity contribution in [3.63, 3.8) is 0 Å². The molecule has 0 aliphatic heterocycles. The van der Waals surface area contributed by atoms with Gasteiger partial charge >= 0.3 is 6.09 Å². The molecule has 0 atom stereocenters. The lowest BCUT2D eigenvalue weighted by Gasteiger charge is -2.37. The van der Waals surface area contributed by atoms with Gasteiger partial charge in [-0.25, -0.2) is 4.79 Å². The maximum atomic E-state index is 12.4. The van der Waals surface area contributed by atoms with E-state index in [0.29, 0.717) is 6.54 Å². The molecule has 136 valence electrons. The first kappa shape index (κ1) is 20.2. The van der Waals surface area contributed by atoms with Crippen LogP contribution in [0.1, 0.15) is 61.3 Å². The molecule has 1 amide bonds. The summed E-state index contributed by atoms with van der Waals surface area (Å²) >= 11 is 0. The van der Waals surface area contributed by atoms with Gasteiger partial charge in [-0.2, -0.15) is 0 Å². The zero-order valence-corrected chi connectivity index (χ0v) is 16.2. The maximum Gasteiger partial charge on any atom is 0.410 e. The Morgan fingerprint density at radius 1 is 1.09 bits per heavy atom. The number of nitrogens with one attached hydrogen (secondary N) is 1. The fourth-order valence-electron chi connectivity index (χ4n) is 2.59. The highest BCUT2D eigenvalue weighted by atomic mass is 16.6. The van der Waals surface area contributed by atoms with Crippen molar-refractivity contribution in [1.82, 2.24) is 15.1 Å². The molecule has 0 unspecified atom stereocenters. The minimum Gasteiger partial charge on any atom is -0.444 e. The van der Waals surface area contributed by atoms with E-state index in [4.69, 9.17) is 4.74 Å². The number of amides is 1. The Labute approximate surface area is 142 Å². The van der Waals surface area contributed by atoms with E-state index >= 15 is 0 Å². The van der Waals surface area contributed by atoms with Crippen LogP contribution < -0.4 is 5.32 Å². The van der Waals surface area contributed by atoms with Crippen molar-refractivity contribution in [2.75, 3.05) is 32.7 Å². The molecule has 1 aliphatic rings. The van der Waals surface area contributed by atoms with Crippen LogP contribution in [0, 0.1) is 0 Å². The first-order valence-corrected chi connectivity index (χ1v) is 9.00. The lowest BCUT2D eigenvalue weighted by atomic mass is 10.1. The summed E-state index contributed by atoms with van der Waals surface area (Å²) in [6, 6.07) is 0.814. The van der Waals surface area contributed by atoms with Crippen molar-refractivity contribution < 1.29 is 9.53 Å². The van der Waals surface area contributed by atoms with E-state index in [1.54, 1.807) is 0 Å². The molecular weight excluding hydrogens is 290 g/mol. The Bertz CT molecular complexity index is 367. The van der Waals surface area contributed by atoms with Crippen molar-refractivity contribution in [2.24, 2.45) is 0 Å². The lowest BCUT2D eigenvalue weighted by Crippen LogP contribution is -2.50. The normalized spacial score (nSPS) is 15.8. The first-order valence-electron chi connectivity index (χ1n) is 9.00. The highest BCUT2D eigenvalue weighted by Gasteiger charge is 2.30. The highest BCUT2D eigenvalue weighted by Crippen LogP contribution is 2.25. The number of rotatable bonds is 8. The topological polar surface area (TPSA) is 44.8 Å². The van der Waals surface area contributed by atoms with Gasteiger partial charge < -0.3 is 15.0 Å². The van der Waals surface area contributed by atoms with Crippen LogP contribution in [-0.2, 0) is 4.74 Å². The zero-order valence-electron chi connectivity index (χ0n) is 16.2. The molecule has 23 heavy (non-hydrogen) atoms. The van der Waals surface area contributed by atoms with Gasteiger partial charge in [-0.3, -0.25) is 4.90 Å². The second kappa shape index (κ2) is 8.34. The molecule has 1 fully saturated rings. The maximum absolute atomic E-state index is 12.4. The van der Waals surface area contributed by atoms with Crippen molar-refractivity contribution in [3.05, 3.63) is 0 Å². The first-order chi connectivity index (χ1) is 10.5. The summed E-state index contributed by atoms with van der Waals surface area (Å²) in [5, 5.41) is 3.46. The monoisotopic (exact) mass is 327 g/mol. The lowest BCUT2D eigenvalue weighted by molar-refractivity contribution is 0.00663. The summed E-state index contributed by atoms with van der Waals surface area (Å²) in [4.78, 5) is 16.7. The van der Waals surface area contributed by atoms with Crippen LogP contribution >= 0.6 is 0 Å². The Morgan fingerprint density at radius 2 is 1.65 bits per heavy atom. The Kier molecular flexibility index (Phi) is 7.33. The molecule has 1 aliphatic carbocycles. The van der Waals surface area contributed by atoms with E-state index in [9.17, 15) is 4.79 Å². The minimum atomic E-state index is -0.458. The molecule has 1 N–H and O–H groups in total. The number of carbonyl (C=O) groups is 1. The van der Waals surface area contributed by atoms with Crippen molar-refractivity contribution in [1.29, 1.82) is 0 Å².